The number of aromatic nitrogens is 10. The normalized spacial score (nSPS) is 16.0. The monoisotopic (exact) mass is 1680 g/mol. The summed E-state index contributed by atoms with van der Waals surface area (Å²) in [6.45, 7) is 21.4. The van der Waals surface area contributed by atoms with Gasteiger partial charge >= 0.3 is 0 Å². The van der Waals surface area contributed by atoms with Gasteiger partial charge in [-0.05, 0) is 218 Å². The first-order chi connectivity index (χ1) is 60.4. The highest BCUT2D eigenvalue weighted by Gasteiger charge is 2.35. The Hall–Kier alpha value is -12.5. The number of hydrogen-bond acceptors (Lipinski definition) is 16. The molecule has 25 nitrogen and oxygen atoms in total. The summed E-state index contributed by atoms with van der Waals surface area (Å²) in [6.07, 6.45) is 17.1. The van der Waals surface area contributed by atoms with Crippen LogP contribution >= 0.6 is 0 Å². The summed E-state index contributed by atoms with van der Waals surface area (Å²) in [5, 5.41) is 67.5. The minimum absolute atomic E-state index is 0.0411. The number of rotatable bonds is 23. The first kappa shape index (κ1) is 84.8. The van der Waals surface area contributed by atoms with Crippen LogP contribution in [0.15, 0.2) is 182 Å². The number of aryl methyl sites for hydroxylation is 1. The van der Waals surface area contributed by atoms with Crippen molar-refractivity contribution in [1.82, 2.24) is 68.5 Å². The van der Waals surface area contributed by atoms with Crippen molar-refractivity contribution in [3.63, 3.8) is 0 Å². The van der Waals surface area contributed by atoms with Crippen molar-refractivity contribution in [2.45, 2.75) is 196 Å². The Balaban J connectivity index is 0.000000118. The molecule has 5 aromatic heterocycles. The van der Waals surface area contributed by atoms with Crippen LogP contribution in [0.2, 0.25) is 0 Å². The fourth-order valence-corrected chi connectivity index (χ4v) is 17.2. The van der Waals surface area contributed by atoms with Crippen LogP contribution in [0.3, 0.4) is 0 Å². The molecule has 4 saturated carbocycles. The van der Waals surface area contributed by atoms with E-state index in [9.17, 15) is 34.5 Å². The fourth-order valence-electron chi connectivity index (χ4n) is 17.2. The zero-order valence-corrected chi connectivity index (χ0v) is 73.1. The van der Waals surface area contributed by atoms with Gasteiger partial charge in [-0.1, -0.05) is 103 Å². The van der Waals surface area contributed by atoms with Crippen LogP contribution in [0.4, 0.5) is 46.0 Å². The molecule has 1 unspecified atom stereocenters. The smallest absolute Gasteiger partial charge is 0.219 e. The SMILES string of the molecule is CC(=O)N1CCc2c(c(Nc3ccc(-c4cccc(C(C)(C)O)c4)cc3)nn2CC2CC2)C1.CC(=O)N1CCc2c(c(Nc3ccc(-c4cccc(C(C)O)c4)cc3)nn2CC2CC2)C1.CC(=O)N1CCc2c(c(Nc3ccc(-c4cccc(CO)c4)cc3)nn2CC2CC2)C1.CC(=O)N1CCc2c(c(Nc3ccc(-c4cnn(C)c4)cc3)nn2CC2CC2)C1. The molecule has 0 spiro atoms. The third-order valence-corrected chi connectivity index (χ3v) is 25.5. The maximum atomic E-state index is 12.0. The van der Waals surface area contributed by atoms with Crippen LogP contribution in [0.5, 0.6) is 0 Å². The van der Waals surface area contributed by atoms with Crippen molar-refractivity contribution >= 4 is 69.6 Å². The average molecular weight is 1680 g/mol. The van der Waals surface area contributed by atoms with Crippen LogP contribution in [0.25, 0.3) is 44.5 Å². The maximum absolute atomic E-state index is 12.0. The van der Waals surface area contributed by atoms with E-state index in [1.165, 1.54) is 74.1 Å². The van der Waals surface area contributed by atoms with Gasteiger partial charge in [0.15, 0.2) is 23.3 Å². The van der Waals surface area contributed by atoms with E-state index in [1.807, 2.05) is 99.7 Å². The second-order valence-electron chi connectivity index (χ2n) is 35.9. The summed E-state index contributed by atoms with van der Waals surface area (Å²) in [4.78, 5) is 55.4. The highest BCUT2D eigenvalue weighted by molar-refractivity contribution is 5.79. The first-order valence-electron chi connectivity index (χ1n) is 44.6. The van der Waals surface area contributed by atoms with Crippen molar-refractivity contribution in [2.75, 3.05) is 47.4 Å². The summed E-state index contributed by atoms with van der Waals surface area (Å²) in [5.74, 6) is 6.90. The number of hydrogen-bond donors (Lipinski definition) is 7. The Kier molecular flexibility index (Phi) is 24.9. The third kappa shape index (κ3) is 20.7. The number of anilines is 8. The predicted octanol–water partition coefficient (Wildman–Crippen LogP) is 16.9. The zero-order chi connectivity index (χ0) is 86.7. The minimum Gasteiger partial charge on any atom is -0.392 e. The van der Waals surface area contributed by atoms with Gasteiger partial charge in [0.1, 0.15) is 0 Å². The lowest BCUT2D eigenvalue weighted by molar-refractivity contribution is -0.130. The summed E-state index contributed by atoms with van der Waals surface area (Å²) in [5.41, 5.74) is 24.2. The molecule has 0 saturated heterocycles. The molecule has 125 heavy (non-hydrogen) atoms. The Bertz CT molecular complexity index is 5870. The van der Waals surface area contributed by atoms with E-state index in [4.69, 9.17) is 20.4 Å². The lowest BCUT2D eigenvalue weighted by atomic mass is 9.94. The molecule has 1 atom stereocenters. The lowest BCUT2D eigenvalue weighted by Gasteiger charge is -2.26. The van der Waals surface area contributed by atoms with E-state index in [2.05, 4.69) is 154 Å². The van der Waals surface area contributed by atoms with Crippen molar-refractivity contribution in [3.05, 3.63) is 244 Å². The van der Waals surface area contributed by atoms with Gasteiger partial charge in [0.05, 0.1) is 50.7 Å². The number of amides is 4. The molecule has 0 radical (unpaired) electrons. The standard InChI is InChI=1S/C27H32N4O2.C26H30N4O2.C25H28N4O2.C22H26N6O/c1-18(32)30-14-13-25-24(17-30)26(29-31(25)16-19-7-8-19)28-23-11-9-20(10-12-23)21-5-4-6-22(15-21)27(2,3)33;1-17(31)21-4-3-5-22(14-21)20-8-10-23(11-9-20)27-26-24-16-29(18(2)32)13-12-25(24)30(28-26)15-19-6-7-19;1-17(31)28-12-11-24-23(15-28)25(27-29(24)14-18-5-6-18)26-22-9-7-20(8-10-22)21-4-2-3-19(13-21)16-30;1-15(29)27-10-9-21-20(14-27)22(25-28(21)12-16-3-4-16)24-19-7-5-17(6-8-19)18-11-23-26(2)13-18/h4-6,9-12,15,19,33H,7-8,13-14,16-17H2,1-3H3,(H,28,29);3-5,8-11,14,17,19,31H,6-7,12-13,15-16H2,1-2H3,(H,27,28);2-4,7-10,13,18,30H,5-6,11-12,14-16H2,1H3,(H,26,27);5-8,11,13,16H,3-4,9-10,12,14H2,1-2H3,(H,24,25). The molecule has 0 bridgehead atoms. The van der Waals surface area contributed by atoms with Crippen LogP contribution in [-0.4, -0.2) is 134 Å². The molecule has 4 aliphatic carbocycles. The molecule has 8 aliphatic rings. The second kappa shape index (κ2) is 36.8. The zero-order valence-electron chi connectivity index (χ0n) is 73.1. The van der Waals surface area contributed by atoms with Gasteiger partial charge in [0.2, 0.25) is 23.6 Å². The molecule has 20 rings (SSSR count). The molecule has 4 fully saturated rings. The molecule has 7 aromatic carbocycles. The Morgan fingerprint density at radius 1 is 0.408 bits per heavy atom. The van der Waals surface area contributed by atoms with E-state index < -0.39 is 11.7 Å². The number of aliphatic hydroxyl groups is 3. The quantitative estimate of drug-likeness (QED) is 0.0313. The van der Waals surface area contributed by atoms with Crippen LogP contribution in [0.1, 0.15) is 168 Å². The molecule has 9 heterocycles. The van der Waals surface area contributed by atoms with Crippen molar-refractivity contribution in [3.8, 4) is 44.5 Å². The predicted molar refractivity (Wildman–Crippen MR) is 488 cm³/mol. The van der Waals surface area contributed by atoms with Gasteiger partial charge in [-0.3, -0.25) is 42.6 Å². The Morgan fingerprint density at radius 3 is 1.00 bits per heavy atom. The number of carbonyl (C=O) groups excluding carboxylic acids is 4. The van der Waals surface area contributed by atoms with Gasteiger partial charge in [-0.25, -0.2) is 0 Å². The number of aliphatic hydroxyl groups excluding tert-OH is 2. The van der Waals surface area contributed by atoms with Crippen molar-refractivity contribution in [1.29, 1.82) is 0 Å². The lowest BCUT2D eigenvalue weighted by Crippen LogP contribution is -2.34. The summed E-state index contributed by atoms with van der Waals surface area (Å²) >= 11 is 0. The van der Waals surface area contributed by atoms with Crippen LogP contribution in [0, 0.1) is 23.7 Å². The first-order valence-corrected chi connectivity index (χ1v) is 44.6. The van der Waals surface area contributed by atoms with Gasteiger partial charge in [-0.2, -0.15) is 25.5 Å². The highest BCUT2D eigenvalue weighted by atomic mass is 16.3. The van der Waals surface area contributed by atoms with Gasteiger partial charge < -0.3 is 56.2 Å². The second-order valence-corrected chi connectivity index (χ2v) is 35.9. The van der Waals surface area contributed by atoms with Crippen LogP contribution < -0.4 is 21.3 Å². The van der Waals surface area contributed by atoms with E-state index >= 15 is 0 Å². The number of nitrogens with zero attached hydrogens (tertiary/aromatic N) is 14. The number of benzene rings is 7. The van der Waals surface area contributed by atoms with E-state index in [0.29, 0.717) is 26.2 Å². The van der Waals surface area contributed by atoms with Crippen LogP contribution in [-0.2, 0) is 116 Å². The molecule has 648 valence electrons. The largest absolute Gasteiger partial charge is 0.392 e. The average Bonchev–Trinajstić information content (AvgIpc) is 1.65. The molecular formula is C100H116N18O7. The van der Waals surface area contributed by atoms with Gasteiger partial charge in [0.25, 0.3) is 0 Å². The summed E-state index contributed by atoms with van der Waals surface area (Å²) in [6, 6.07) is 57.1. The molecule has 12 aromatic rings. The maximum Gasteiger partial charge on any atom is 0.219 e. The van der Waals surface area contributed by atoms with Gasteiger partial charge in [-0.15, -0.1) is 0 Å². The summed E-state index contributed by atoms with van der Waals surface area (Å²) < 4.78 is 10.5. The van der Waals surface area contributed by atoms with E-state index in [-0.39, 0.29) is 30.2 Å². The Labute approximate surface area is 731 Å². The highest BCUT2D eigenvalue weighted by Crippen LogP contribution is 2.41. The number of carbonyl (C=O) groups is 4. The van der Waals surface area contributed by atoms with Gasteiger partial charge in [0, 0.05) is 192 Å². The molecule has 4 amide bonds. The summed E-state index contributed by atoms with van der Waals surface area (Å²) in [7, 11) is 1.92. The fraction of sp³-hybridized carbons (Fsp3) is 0.390. The van der Waals surface area contributed by atoms with Crippen molar-refractivity contribution in [2.24, 2.45) is 30.7 Å². The number of fused-ring (bicyclic) bond motifs is 4. The molecule has 7 N–H and O–H groups in total. The molecule has 25 heteroatoms. The van der Waals surface area contributed by atoms with E-state index in [1.54, 1.807) is 53.1 Å². The minimum atomic E-state index is -0.871. The van der Waals surface area contributed by atoms with Crippen molar-refractivity contribution < 1.29 is 34.5 Å². The molecule has 4 aliphatic heterocycles. The molecular weight excluding hydrogens is 1570 g/mol. The third-order valence-electron chi connectivity index (χ3n) is 25.5. The number of nitrogens with one attached hydrogen (secondary N) is 4. The topological polar surface area (TPSA) is 279 Å². The van der Waals surface area contributed by atoms with E-state index in [0.717, 1.165) is 231 Å². The Morgan fingerprint density at radius 2 is 0.712 bits per heavy atom.